The van der Waals surface area contributed by atoms with Crippen molar-refractivity contribution in [3.63, 3.8) is 0 Å². The van der Waals surface area contributed by atoms with E-state index < -0.39 is 0 Å². The molecule has 3 aliphatic carbocycles. The monoisotopic (exact) mass is 316 g/mol. The van der Waals surface area contributed by atoms with Crippen LogP contribution in [-0.2, 0) is 9.53 Å². The van der Waals surface area contributed by atoms with Gasteiger partial charge < -0.3 is 4.74 Å². The van der Waals surface area contributed by atoms with Gasteiger partial charge in [0, 0.05) is 5.92 Å². The summed E-state index contributed by atoms with van der Waals surface area (Å²) in [5, 5.41) is 0. The molecule has 3 rings (SSSR count). The lowest BCUT2D eigenvalue weighted by Crippen LogP contribution is -2.56. The lowest BCUT2D eigenvalue weighted by Gasteiger charge is -2.61. The highest BCUT2D eigenvalue weighted by atomic mass is 16.5. The molecule has 3 fully saturated rings. The van der Waals surface area contributed by atoms with Gasteiger partial charge in [0.25, 0.3) is 0 Å². The normalized spacial score (nSPS) is 46.5. The highest BCUT2D eigenvalue weighted by Crippen LogP contribution is 2.65. The summed E-state index contributed by atoms with van der Waals surface area (Å²) in [4.78, 5) is 12.6. The Morgan fingerprint density at radius 3 is 2.65 bits per heavy atom. The number of fused-ring (bicyclic) bond motifs is 3. The van der Waals surface area contributed by atoms with Crippen LogP contribution >= 0.6 is 0 Å². The molecule has 0 amide bonds. The maximum Gasteiger partial charge on any atom is 0.311 e. The average molecular weight is 316 g/mol. The zero-order valence-electron chi connectivity index (χ0n) is 15.1. The third-order valence-corrected chi connectivity index (χ3v) is 7.74. The molecule has 0 spiro atoms. The van der Waals surface area contributed by atoms with E-state index in [4.69, 9.17) is 4.74 Å². The molecule has 0 radical (unpaired) electrons. The second kappa shape index (κ2) is 5.79. The number of esters is 1. The van der Waals surface area contributed by atoms with Gasteiger partial charge in [-0.2, -0.15) is 0 Å². The fraction of sp³-hybridized carbons (Fsp3) is 0.762. The molecule has 2 nitrogen and oxygen atoms in total. The summed E-state index contributed by atoms with van der Waals surface area (Å²) >= 11 is 0. The topological polar surface area (TPSA) is 26.3 Å². The van der Waals surface area contributed by atoms with Crippen LogP contribution in [0.5, 0.6) is 0 Å². The highest BCUT2D eigenvalue weighted by Gasteiger charge is 2.60. The fourth-order valence-corrected chi connectivity index (χ4v) is 6.66. The van der Waals surface area contributed by atoms with Crippen LogP contribution in [0.4, 0.5) is 0 Å². The summed E-state index contributed by atoms with van der Waals surface area (Å²) in [7, 11) is 1.55. The zero-order chi connectivity index (χ0) is 16.8. The molecule has 6 atom stereocenters. The minimum Gasteiger partial charge on any atom is -0.469 e. The maximum absolute atomic E-state index is 12.6. The number of carbonyl (C=O) groups is 1. The number of hydrogen-bond acceptors (Lipinski definition) is 2. The summed E-state index contributed by atoms with van der Waals surface area (Å²) in [6.07, 6.45) is 10.2. The van der Waals surface area contributed by atoms with Crippen LogP contribution in [0.15, 0.2) is 24.8 Å². The van der Waals surface area contributed by atoms with Crippen LogP contribution in [0.1, 0.15) is 58.8 Å². The second-order valence-electron chi connectivity index (χ2n) is 8.63. The van der Waals surface area contributed by atoms with Crippen molar-refractivity contribution in [3.05, 3.63) is 24.8 Å². The minimum absolute atomic E-state index is 0.00682. The molecule has 0 N–H and O–H groups in total. The summed E-state index contributed by atoms with van der Waals surface area (Å²) in [5.74, 6) is 2.30. The van der Waals surface area contributed by atoms with Gasteiger partial charge in [-0.05, 0) is 68.6 Å². The largest absolute Gasteiger partial charge is 0.469 e. The Labute approximate surface area is 141 Å². The van der Waals surface area contributed by atoms with Gasteiger partial charge in [-0.15, -0.1) is 6.58 Å². The summed E-state index contributed by atoms with van der Waals surface area (Å²) in [5.41, 5.74) is 1.33. The Bertz CT molecular complexity index is 522. The molecule has 3 saturated carbocycles. The Kier molecular flexibility index (Phi) is 4.23. The van der Waals surface area contributed by atoms with Crippen LogP contribution in [-0.4, -0.2) is 13.1 Å². The number of methoxy groups -OCH3 is 1. The van der Waals surface area contributed by atoms with Gasteiger partial charge >= 0.3 is 5.97 Å². The SMILES string of the molecule is C=C[C@H]1C(=C)CC[C@H]2[C@H]1CC[C@@H]1[C@]2(C)CCC[C@]1(C)C(=O)OC. The summed E-state index contributed by atoms with van der Waals surface area (Å²) < 4.78 is 5.21. The Morgan fingerprint density at radius 1 is 1.26 bits per heavy atom. The molecule has 0 saturated heterocycles. The van der Waals surface area contributed by atoms with E-state index in [2.05, 4.69) is 33.1 Å². The lowest BCUT2D eigenvalue weighted by atomic mass is 9.43. The van der Waals surface area contributed by atoms with Gasteiger partial charge in [0.1, 0.15) is 0 Å². The number of rotatable bonds is 2. The standard InChI is InChI=1S/C21H32O2/c1-6-15-14(2)8-10-17-16(15)9-11-18-20(17,3)12-7-13-21(18,4)19(22)23-5/h6,15-18H,1-2,7-13H2,3-5H3/t15-,16-,17-,18+,20+,21-/m0/s1. The van der Waals surface area contributed by atoms with Crippen molar-refractivity contribution >= 4 is 5.97 Å². The molecular formula is C21H32O2. The van der Waals surface area contributed by atoms with Gasteiger partial charge in [0.05, 0.1) is 12.5 Å². The number of hydrogen-bond donors (Lipinski definition) is 0. The number of allylic oxidation sites excluding steroid dienone is 2. The van der Waals surface area contributed by atoms with Crippen LogP contribution < -0.4 is 0 Å². The Balaban J connectivity index is 1.96. The molecular weight excluding hydrogens is 284 g/mol. The van der Waals surface area contributed by atoms with E-state index in [1.807, 2.05) is 0 Å². The van der Waals surface area contributed by atoms with Gasteiger partial charge in [-0.3, -0.25) is 4.79 Å². The van der Waals surface area contributed by atoms with E-state index in [9.17, 15) is 4.79 Å². The zero-order valence-corrected chi connectivity index (χ0v) is 15.1. The lowest BCUT2D eigenvalue weighted by molar-refractivity contribution is -0.175. The smallest absolute Gasteiger partial charge is 0.311 e. The molecule has 3 aliphatic rings. The van der Waals surface area contributed by atoms with Crippen molar-refractivity contribution in [3.8, 4) is 0 Å². The first-order chi connectivity index (χ1) is 10.9. The molecule has 0 unspecified atom stereocenters. The predicted octanol–water partition coefficient (Wildman–Crippen LogP) is 5.15. The molecule has 128 valence electrons. The predicted molar refractivity (Wildman–Crippen MR) is 93.8 cm³/mol. The van der Waals surface area contributed by atoms with Gasteiger partial charge in [0.2, 0.25) is 0 Å². The third-order valence-electron chi connectivity index (χ3n) is 7.74. The van der Waals surface area contributed by atoms with Crippen LogP contribution in [0, 0.1) is 34.5 Å². The molecule has 0 aromatic heterocycles. The van der Waals surface area contributed by atoms with Crippen molar-refractivity contribution in [1.82, 2.24) is 0 Å². The quantitative estimate of drug-likeness (QED) is 0.520. The van der Waals surface area contributed by atoms with Crippen LogP contribution in [0.2, 0.25) is 0 Å². The second-order valence-corrected chi connectivity index (χ2v) is 8.63. The number of ether oxygens (including phenoxy) is 1. The van der Waals surface area contributed by atoms with E-state index in [-0.39, 0.29) is 16.8 Å². The Hall–Kier alpha value is -1.05. The molecule has 23 heavy (non-hydrogen) atoms. The van der Waals surface area contributed by atoms with Crippen molar-refractivity contribution in [2.24, 2.45) is 34.5 Å². The van der Waals surface area contributed by atoms with Crippen molar-refractivity contribution in [2.75, 3.05) is 7.11 Å². The van der Waals surface area contributed by atoms with E-state index >= 15 is 0 Å². The maximum atomic E-state index is 12.6. The van der Waals surface area contributed by atoms with Crippen LogP contribution in [0.25, 0.3) is 0 Å². The molecule has 0 bridgehead atoms. The molecule has 0 aromatic rings. The van der Waals surface area contributed by atoms with Crippen molar-refractivity contribution in [1.29, 1.82) is 0 Å². The molecule has 0 heterocycles. The first-order valence-electron chi connectivity index (χ1n) is 9.27. The van der Waals surface area contributed by atoms with Crippen LogP contribution in [0.3, 0.4) is 0 Å². The van der Waals surface area contributed by atoms with E-state index in [1.165, 1.54) is 24.8 Å². The minimum atomic E-state index is -0.301. The fourth-order valence-electron chi connectivity index (χ4n) is 6.66. The molecule has 2 heteroatoms. The Morgan fingerprint density at radius 2 is 2.00 bits per heavy atom. The van der Waals surface area contributed by atoms with Gasteiger partial charge in [-0.25, -0.2) is 0 Å². The first-order valence-corrected chi connectivity index (χ1v) is 9.27. The van der Waals surface area contributed by atoms with Crippen molar-refractivity contribution in [2.45, 2.75) is 58.8 Å². The first kappa shape index (κ1) is 16.8. The van der Waals surface area contributed by atoms with Crippen molar-refractivity contribution < 1.29 is 9.53 Å². The molecule has 0 aromatic carbocycles. The summed E-state index contributed by atoms with van der Waals surface area (Å²) in [6.45, 7) is 13.0. The average Bonchev–Trinajstić information content (AvgIpc) is 2.53. The molecule has 0 aliphatic heterocycles. The highest BCUT2D eigenvalue weighted by molar-refractivity contribution is 5.77. The van der Waals surface area contributed by atoms with E-state index in [0.717, 1.165) is 25.7 Å². The van der Waals surface area contributed by atoms with E-state index in [0.29, 0.717) is 23.7 Å². The number of carbonyl (C=O) groups excluding carboxylic acids is 1. The van der Waals surface area contributed by atoms with Gasteiger partial charge in [-0.1, -0.05) is 31.6 Å². The van der Waals surface area contributed by atoms with E-state index in [1.54, 1.807) is 7.11 Å². The summed E-state index contributed by atoms with van der Waals surface area (Å²) in [6, 6.07) is 0. The third kappa shape index (κ3) is 2.32. The van der Waals surface area contributed by atoms with Gasteiger partial charge in [0.15, 0.2) is 0 Å².